The predicted octanol–water partition coefficient (Wildman–Crippen LogP) is 3.15. The van der Waals surface area contributed by atoms with Crippen LogP contribution in [0.1, 0.15) is 5.56 Å². The molecular formula is C16H13Cl2FN4O. The highest BCUT2D eigenvalue weighted by Gasteiger charge is 2.27. The van der Waals surface area contributed by atoms with Gasteiger partial charge in [-0.2, -0.15) is 5.10 Å². The number of amidine groups is 1. The van der Waals surface area contributed by atoms with Crippen LogP contribution in [0, 0.1) is 5.82 Å². The maximum Gasteiger partial charge on any atom is 0.242 e. The van der Waals surface area contributed by atoms with Gasteiger partial charge in [0.05, 0.1) is 5.02 Å². The molecule has 124 valence electrons. The zero-order valence-electron chi connectivity index (χ0n) is 12.5. The maximum absolute atomic E-state index is 13.4. The summed E-state index contributed by atoms with van der Waals surface area (Å²) >= 11 is 11.6. The molecule has 0 aromatic heterocycles. The number of fused-ring (bicyclic) bond motifs is 1. The Balaban J connectivity index is 1.58. The van der Waals surface area contributed by atoms with Crippen LogP contribution in [-0.2, 0) is 11.3 Å². The topological polar surface area (TPSA) is 47.9 Å². The van der Waals surface area contributed by atoms with Crippen molar-refractivity contribution in [2.24, 2.45) is 5.10 Å². The Hall–Kier alpha value is -2.31. The fraction of sp³-hybridized carbons (Fsp3) is 0.125. The molecule has 24 heavy (non-hydrogen) atoms. The Morgan fingerprint density at radius 2 is 2.17 bits per heavy atom. The van der Waals surface area contributed by atoms with Gasteiger partial charge in [0, 0.05) is 23.9 Å². The summed E-state index contributed by atoms with van der Waals surface area (Å²) in [4.78, 5) is 13.8. The molecule has 2 aliphatic heterocycles. The van der Waals surface area contributed by atoms with Crippen molar-refractivity contribution in [2.75, 3.05) is 6.54 Å². The minimum absolute atomic E-state index is 0.00575. The van der Waals surface area contributed by atoms with Gasteiger partial charge in [-0.1, -0.05) is 35.8 Å². The van der Waals surface area contributed by atoms with Crippen molar-refractivity contribution in [1.82, 2.24) is 15.2 Å². The predicted molar refractivity (Wildman–Crippen MR) is 91.5 cm³/mol. The van der Waals surface area contributed by atoms with Crippen LogP contribution in [0.25, 0.3) is 0 Å². The number of nitrogens with zero attached hydrogens (tertiary/aromatic N) is 3. The minimum Gasteiger partial charge on any atom is -0.350 e. The van der Waals surface area contributed by atoms with Crippen LogP contribution in [0.15, 0.2) is 59.1 Å². The van der Waals surface area contributed by atoms with Crippen molar-refractivity contribution >= 4 is 34.9 Å². The quantitative estimate of drug-likeness (QED) is 0.890. The standard InChI is InChI=1S/C16H13Cl2FN4O/c1-10-22-5-4-12(17)7-15(22)21-23(10)9-16(24)20-8-11-2-3-13(18)14(19)6-11/h2-7H,1,8-9H2,(H,20,24). The average molecular weight is 367 g/mol. The van der Waals surface area contributed by atoms with Crippen LogP contribution < -0.4 is 5.32 Å². The van der Waals surface area contributed by atoms with Crippen LogP contribution in [0.4, 0.5) is 4.39 Å². The summed E-state index contributed by atoms with van der Waals surface area (Å²) < 4.78 is 13.4. The van der Waals surface area contributed by atoms with E-state index in [4.69, 9.17) is 23.2 Å². The molecule has 0 fully saturated rings. The van der Waals surface area contributed by atoms with Gasteiger partial charge in [-0.15, -0.1) is 0 Å². The monoisotopic (exact) mass is 366 g/mol. The molecule has 0 bridgehead atoms. The molecule has 0 unspecified atom stereocenters. The Morgan fingerprint density at radius 1 is 1.38 bits per heavy atom. The molecule has 2 heterocycles. The fourth-order valence-electron chi connectivity index (χ4n) is 2.23. The first-order valence-electron chi connectivity index (χ1n) is 7.04. The van der Waals surface area contributed by atoms with E-state index in [-0.39, 0.29) is 24.0 Å². The molecule has 5 nitrogen and oxygen atoms in total. The van der Waals surface area contributed by atoms with Gasteiger partial charge in [0.2, 0.25) is 5.91 Å². The molecule has 1 aromatic carbocycles. The molecule has 2 aliphatic rings. The number of amides is 1. The average Bonchev–Trinajstić information content (AvgIpc) is 2.84. The first-order chi connectivity index (χ1) is 11.4. The summed E-state index contributed by atoms with van der Waals surface area (Å²) in [6, 6.07) is 4.39. The summed E-state index contributed by atoms with van der Waals surface area (Å²) in [6.07, 6.45) is 5.13. The zero-order chi connectivity index (χ0) is 17.3. The van der Waals surface area contributed by atoms with E-state index < -0.39 is 5.82 Å². The molecule has 1 aromatic rings. The third-order valence-electron chi connectivity index (χ3n) is 3.46. The van der Waals surface area contributed by atoms with Crippen LogP contribution in [0.5, 0.6) is 0 Å². The number of nitrogens with one attached hydrogen (secondary N) is 1. The summed E-state index contributed by atoms with van der Waals surface area (Å²) in [6.45, 7) is 4.09. The first kappa shape index (κ1) is 16.5. The van der Waals surface area contributed by atoms with E-state index >= 15 is 0 Å². The van der Waals surface area contributed by atoms with Gasteiger partial charge in [0.1, 0.15) is 18.2 Å². The van der Waals surface area contributed by atoms with E-state index in [9.17, 15) is 9.18 Å². The number of rotatable bonds is 4. The van der Waals surface area contributed by atoms with E-state index in [2.05, 4.69) is 17.0 Å². The normalized spacial score (nSPS) is 16.0. The number of halogens is 3. The second-order valence-corrected chi connectivity index (χ2v) is 6.02. The lowest BCUT2D eigenvalue weighted by atomic mass is 10.2. The van der Waals surface area contributed by atoms with Crippen LogP contribution in [0.3, 0.4) is 0 Å². The number of hydrogen-bond donors (Lipinski definition) is 1. The number of allylic oxidation sites excluding steroid dienone is 2. The number of benzene rings is 1. The molecule has 8 heteroatoms. The number of carbonyl (C=O) groups is 1. The van der Waals surface area contributed by atoms with Gasteiger partial charge in [-0.25, -0.2) is 9.40 Å². The lowest BCUT2D eigenvalue weighted by molar-refractivity contribution is -0.122. The summed E-state index contributed by atoms with van der Waals surface area (Å²) in [5.74, 6) is 0.360. The van der Waals surface area contributed by atoms with E-state index in [1.54, 1.807) is 29.3 Å². The Labute approximate surface area is 148 Å². The van der Waals surface area contributed by atoms with Crippen molar-refractivity contribution < 1.29 is 9.18 Å². The van der Waals surface area contributed by atoms with Crippen LogP contribution >= 0.6 is 23.2 Å². The smallest absolute Gasteiger partial charge is 0.242 e. The SMILES string of the molecule is C=C1N(CC(=O)NCc2ccc(Cl)c(F)c2)N=C2C=C(Cl)C=CN12. The van der Waals surface area contributed by atoms with Crippen LogP contribution in [-0.4, -0.2) is 28.2 Å². The summed E-state index contributed by atoms with van der Waals surface area (Å²) in [5.41, 5.74) is 0.617. The van der Waals surface area contributed by atoms with Gasteiger partial charge in [-0.3, -0.25) is 9.69 Å². The summed E-state index contributed by atoms with van der Waals surface area (Å²) in [5, 5.41) is 9.07. The molecule has 1 N–H and O–H groups in total. The van der Waals surface area contributed by atoms with Gasteiger partial charge in [-0.05, 0) is 23.8 Å². The summed E-state index contributed by atoms with van der Waals surface area (Å²) in [7, 11) is 0. The Bertz CT molecular complexity index is 803. The van der Waals surface area contributed by atoms with Crippen molar-refractivity contribution in [3.8, 4) is 0 Å². The van der Waals surface area contributed by atoms with Crippen LogP contribution in [0.2, 0.25) is 5.02 Å². The lowest BCUT2D eigenvalue weighted by Gasteiger charge is -2.20. The maximum atomic E-state index is 13.4. The van der Waals surface area contributed by atoms with Gasteiger partial charge in [0.15, 0.2) is 5.84 Å². The minimum atomic E-state index is -0.518. The van der Waals surface area contributed by atoms with Crippen molar-refractivity contribution in [2.45, 2.75) is 6.54 Å². The van der Waals surface area contributed by atoms with Crippen molar-refractivity contribution in [3.63, 3.8) is 0 Å². The number of hydrogen-bond acceptors (Lipinski definition) is 4. The first-order valence-corrected chi connectivity index (χ1v) is 7.80. The zero-order valence-corrected chi connectivity index (χ0v) is 14.0. The molecule has 0 atom stereocenters. The highest BCUT2D eigenvalue weighted by molar-refractivity contribution is 6.33. The van der Waals surface area contributed by atoms with Gasteiger partial charge < -0.3 is 5.32 Å². The van der Waals surface area contributed by atoms with Gasteiger partial charge in [0.25, 0.3) is 0 Å². The molecule has 3 rings (SSSR count). The van der Waals surface area contributed by atoms with E-state index in [0.29, 0.717) is 22.3 Å². The second kappa shape index (κ2) is 6.67. The van der Waals surface area contributed by atoms with Crippen molar-refractivity contribution in [1.29, 1.82) is 0 Å². The molecule has 0 saturated heterocycles. The molecule has 0 aliphatic carbocycles. The van der Waals surface area contributed by atoms with Gasteiger partial charge >= 0.3 is 0 Å². The molecular weight excluding hydrogens is 354 g/mol. The highest BCUT2D eigenvalue weighted by atomic mass is 35.5. The van der Waals surface area contributed by atoms with Crippen molar-refractivity contribution in [3.05, 3.63) is 70.4 Å². The van der Waals surface area contributed by atoms with E-state index in [1.165, 1.54) is 17.1 Å². The van der Waals surface area contributed by atoms with E-state index in [1.807, 2.05) is 0 Å². The fourth-order valence-corrected chi connectivity index (χ4v) is 2.50. The lowest BCUT2D eigenvalue weighted by Crippen LogP contribution is -2.34. The third kappa shape index (κ3) is 3.44. The molecule has 1 amide bonds. The molecule has 0 spiro atoms. The molecule has 0 saturated carbocycles. The number of hydrazone groups is 1. The largest absolute Gasteiger partial charge is 0.350 e. The highest BCUT2D eigenvalue weighted by Crippen LogP contribution is 2.24. The second-order valence-electron chi connectivity index (χ2n) is 5.17. The van der Waals surface area contributed by atoms with E-state index in [0.717, 1.165) is 0 Å². The Morgan fingerprint density at radius 3 is 2.92 bits per heavy atom. The third-order valence-corrected chi connectivity index (χ3v) is 4.00. The Kier molecular flexibility index (Phi) is 4.59. The molecule has 0 radical (unpaired) electrons. The number of carbonyl (C=O) groups excluding carboxylic acids is 1.